The number of hydrogen-bond donors (Lipinski definition) is 0. The highest BCUT2D eigenvalue weighted by atomic mass is 32.1. The zero-order chi connectivity index (χ0) is 34.6. The van der Waals surface area contributed by atoms with Crippen molar-refractivity contribution in [3.05, 3.63) is 170 Å². The van der Waals surface area contributed by atoms with Crippen LogP contribution in [0.4, 0.5) is 0 Å². The quantitative estimate of drug-likeness (QED) is 0.172. The molecule has 12 aromatic rings. The molecule has 0 atom stereocenters. The molecule has 0 amide bonds. The fourth-order valence-electron chi connectivity index (χ4n) is 8.76. The fourth-order valence-corrected chi connectivity index (χ4v) is 9.98. The van der Waals surface area contributed by atoms with Crippen molar-refractivity contribution < 1.29 is 8.83 Å². The van der Waals surface area contributed by atoms with E-state index in [1.807, 2.05) is 29.5 Å². The summed E-state index contributed by atoms with van der Waals surface area (Å²) in [5.74, 6) is 0.896. The van der Waals surface area contributed by atoms with Crippen LogP contribution in [0.1, 0.15) is 0 Å². The maximum Gasteiger partial charge on any atom is 0.144 e. The van der Waals surface area contributed by atoms with Crippen LogP contribution in [0, 0.1) is 0 Å². The average molecular weight is 693 g/mol. The molecule has 0 spiro atoms. The second-order valence-electron chi connectivity index (χ2n) is 13.9. The van der Waals surface area contributed by atoms with E-state index < -0.39 is 0 Å². The van der Waals surface area contributed by atoms with E-state index in [2.05, 4.69) is 152 Å². The molecule has 2 nitrogen and oxygen atoms in total. The standard InChI is InChI=1S/C50H28O2S/c1-2-11-29(12-3-1)43-28-32-23-26-44-48(49(32)52-43)40-19-10-18-39(50(40)53-44)46-36-15-6-4-13-34(36)45(35-14-5-7-16-37(35)46)31-21-24-33-30(27-31)22-25-42-47(33)38-17-8-9-20-41(38)51-42/h1-28H. The van der Waals surface area contributed by atoms with Crippen molar-refractivity contribution in [1.29, 1.82) is 0 Å². The van der Waals surface area contributed by atoms with Crippen LogP contribution in [0.5, 0.6) is 0 Å². The van der Waals surface area contributed by atoms with Gasteiger partial charge in [-0.15, -0.1) is 11.3 Å². The summed E-state index contributed by atoms with van der Waals surface area (Å²) >= 11 is 1.86. The van der Waals surface area contributed by atoms with Gasteiger partial charge in [-0.25, -0.2) is 0 Å². The lowest BCUT2D eigenvalue weighted by Crippen LogP contribution is -1.91. The molecular weight excluding hydrogens is 665 g/mol. The summed E-state index contributed by atoms with van der Waals surface area (Å²) in [6.07, 6.45) is 0. The lowest BCUT2D eigenvalue weighted by atomic mass is 9.85. The van der Waals surface area contributed by atoms with Crippen LogP contribution in [0.3, 0.4) is 0 Å². The fraction of sp³-hybridized carbons (Fsp3) is 0. The number of furan rings is 2. The first-order valence-corrected chi connectivity index (χ1v) is 18.8. The molecule has 0 N–H and O–H groups in total. The Balaban J connectivity index is 1.11. The van der Waals surface area contributed by atoms with E-state index in [0.717, 1.165) is 38.8 Å². The topological polar surface area (TPSA) is 26.3 Å². The molecule has 0 aliphatic carbocycles. The van der Waals surface area contributed by atoms with Gasteiger partial charge in [0.1, 0.15) is 22.5 Å². The third kappa shape index (κ3) is 4.14. The molecule has 0 fully saturated rings. The number of benzene rings is 9. The highest BCUT2D eigenvalue weighted by molar-refractivity contribution is 7.26. The van der Waals surface area contributed by atoms with Crippen molar-refractivity contribution in [2.24, 2.45) is 0 Å². The van der Waals surface area contributed by atoms with Gasteiger partial charge in [0.2, 0.25) is 0 Å². The maximum atomic E-state index is 6.66. The summed E-state index contributed by atoms with van der Waals surface area (Å²) in [7, 11) is 0. The minimum Gasteiger partial charge on any atom is -0.456 e. The Kier molecular flexibility index (Phi) is 5.96. The Morgan fingerprint density at radius 2 is 1.06 bits per heavy atom. The molecule has 0 radical (unpaired) electrons. The normalized spacial score (nSPS) is 12.2. The van der Waals surface area contributed by atoms with Gasteiger partial charge in [0, 0.05) is 47.5 Å². The first kappa shape index (κ1) is 29.0. The summed E-state index contributed by atoms with van der Waals surface area (Å²) in [6, 6.07) is 61.2. The zero-order valence-electron chi connectivity index (χ0n) is 28.4. The first-order chi connectivity index (χ1) is 26.3. The summed E-state index contributed by atoms with van der Waals surface area (Å²) in [6.45, 7) is 0. The largest absolute Gasteiger partial charge is 0.456 e. The number of para-hydroxylation sites is 1. The molecule has 0 saturated heterocycles. The van der Waals surface area contributed by atoms with Crippen LogP contribution in [-0.2, 0) is 0 Å². The maximum absolute atomic E-state index is 6.66. The Labute approximate surface area is 307 Å². The summed E-state index contributed by atoms with van der Waals surface area (Å²) < 4.78 is 15.4. The van der Waals surface area contributed by atoms with Crippen molar-refractivity contribution in [1.82, 2.24) is 0 Å². The molecule has 3 heterocycles. The SMILES string of the molecule is c1ccc(-c2cc3ccc4sc5c(-c6c7ccccc7c(-c7ccc8c(ccc9oc%10ccccc%10c98)c7)c7ccccc67)cccc5c4c3o2)cc1. The molecule has 12 rings (SSSR count). The second kappa shape index (κ2) is 10.9. The number of thiophene rings is 1. The third-order valence-electron chi connectivity index (χ3n) is 11.1. The molecule has 0 saturated carbocycles. The predicted molar refractivity (Wildman–Crippen MR) is 225 cm³/mol. The van der Waals surface area contributed by atoms with Crippen LogP contribution in [-0.4, -0.2) is 0 Å². The molecule has 53 heavy (non-hydrogen) atoms. The summed E-state index contributed by atoms with van der Waals surface area (Å²) in [5.41, 5.74) is 8.86. The van der Waals surface area contributed by atoms with E-state index >= 15 is 0 Å². The van der Waals surface area contributed by atoms with Crippen LogP contribution >= 0.6 is 11.3 Å². The number of rotatable bonds is 3. The van der Waals surface area contributed by atoms with Crippen molar-refractivity contribution in [2.45, 2.75) is 0 Å². The van der Waals surface area contributed by atoms with Crippen molar-refractivity contribution in [3.8, 4) is 33.6 Å². The molecule has 0 aliphatic rings. The van der Waals surface area contributed by atoms with Crippen LogP contribution in [0.15, 0.2) is 179 Å². The van der Waals surface area contributed by atoms with E-state index in [9.17, 15) is 0 Å². The highest BCUT2D eigenvalue weighted by Gasteiger charge is 2.21. The molecule has 3 aromatic heterocycles. The van der Waals surface area contributed by atoms with Gasteiger partial charge in [0.15, 0.2) is 0 Å². The van der Waals surface area contributed by atoms with Gasteiger partial charge >= 0.3 is 0 Å². The van der Waals surface area contributed by atoms with Gasteiger partial charge in [-0.05, 0) is 85.4 Å². The molecular formula is C50H28O2S. The van der Waals surface area contributed by atoms with Crippen molar-refractivity contribution in [3.63, 3.8) is 0 Å². The van der Waals surface area contributed by atoms with Crippen LogP contribution in [0.2, 0.25) is 0 Å². The Morgan fingerprint density at radius 3 is 1.85 bits per heavy atom. The van der Waals surface area contributed by atoms with Gasteiger partial charge < -0.3 is 8.83 Å². The van der Waals surface area contributed by atoms with Gasteiger partial charge in [-0.2, -0.15) is 0 Å². The summed E-state index contributed by atoms with van der Waals surface area (Å²) in [5, 5.41) is 13.3. The van der Waals surface area contributed by atoms with Crippen molar-refractivity contribution in [2.75, 3.05) is 0 Å². The van der Waals surface area contributed by atoms with Gasteiger partial charge in [-0.1, -0.05) is 133 Å². The molecule has 0 aliphatic heterocycles. The second-order valence-corrected chi connectivity index (χ2v) is 15.0. The lowest BCUT2D eigenvalue weighted by Gasteiger charge is -2.18. The van der Waals surface area contributed by atoms with E-state index in [1.165, 1.54) is 80.1 Å². The zero-order valence-corrected chi connectivity index (χ0v) is 29.2. The highest BCUT2D eigenvalue weighted by Crippen LogP contribution is 2.49. The number of hydrogen-bond acceptors (Lipinski definition) is 3. The Morgan fingerprint density at radius 1 is 0.377 bits per heavy atom. The third-order valence-corrected chi connectivity index (χ3v) is 12.3. The van der Waals surface area contributed by atoms with Gasteiger partial charge in [0.05, 0.1) is 0 Å². The average Bonchev–Trinajstić information content (AvgIpc) is 3.93. The Bertz CT molecular complexity index is 3390. The molecule has 246 valence electrons. The predicted octanol–water partition coefficient (Wildman–Crippen LogP) is 15.2. The molecule has 0 unspecified atom stereocenters. The van der Waals surface area contributed by atoms with E-state index in [1.54, 1.807) is 0 Å². The van der Waals surface area contributed by atoms with Crippen LogP contribution in [0.25, 0.3) is 119 Å². The summed E-state index contributed by atoms with van der Waals surface area (Å²) in [4.78, 5) is 0. The lowest BCUT2D eigenvalue weighted by molar-refractivity contribution is 0.635. The van der Waals surface area contributed by atoms with Gasteiger partial charge in [-0.3, -0.25) is 0 Å². The van der Waals surface area contributed by atoms with E-state index in [4.69, 9.17) is 8.83 Å². The van der Waals surface area contributed by atoms with E-state index in [0.29, 0.717) is 0 Å². The molecule has 9 aromatic carbocycles. The smallest absolute Gasteiger partial charge is 0.144 e. The van der Waals surface area contributed by atoms with Crippen molar-refractivity contribution >= 4 is 96.7 Å². The first-order valence-electron chi connectivity index (χ1n) is 18.0. The minimum atomic E-state index is 0.896. The van der Waals surface area contributed by atoms with E-state index in [-0.39, 0.29) is 0 Å². The molecule has 0 bridgehead atoms. The minimum absolute atomic E-state index is 0.896. The monoisotopic (exact) mass is 692 g/mol. The molecule has 3 heteroatoms. The Hall–Kier alpha value is -6.68. The van der Waals surface area contributed by atoms with Gasteiger partial charge in [0.25, 0.3) is 0 Å². The number of fused-ring (bicyclic) bond motifs is 12. The van der Waals surface area contributed by atoms with Crippen LogP contribution < -0.4 is 0 Å².